The Kier molecular flexibility index (Phi) is 7.16. The van der Waals surface area contributed by atoms with E-state index in [2.05, 4.69) is 5.32 Å². The first-order valence-corrected chi connectivity index (χ1v) is 10.5. The van der Waals surface area contributed by atoms with Gasteiger partial charge in [0.05, 0.1) is 17.7 Å². The molecule has 1 aliphatic heterocycles. The zero-order valence-corrected chi connectivity index (χ0v) is 18.2. The van der Waals surface area contributed by atoms with Crippen LogP contribution in [-0.2, 0) is 4.79 Å². The van der Waals surface area contributed by atoms with E-state index in [9.17, 15) is 9.59 Å². The van der Waals surface area contributed by atoms with Gasteiger partial charge in [-0.25, -0.2) is 0 Å². The standard InChI is InChI=1S/C24H27ClN2O3/c1-16-9-4-6-13-21(18-10-8-11-19(25)15-18)26-23(28)17(2)27(3)24(29)20-12-5-7-14-22(20)30-16/h4-8,10-12,14-17,21H,9,13H2,1-3H3,(H,26,28)/b6-4+/t16-,17+,21+/m1/s1. The van der Waals surface area contributed by atoms with Crippen molar-refractivity contribution < 1.29 is 14.3 Å². The lowest BCUT2D eigenvalue weighted by Crippen LogP contribution is -2.47. The Labute approximate surface area is 182 Å². The number of para-hydroxylation sites is 1. The quantitative estimate of drug-likeness (QED) is 0.668. The van der Waals surface area contributed by atoms with Crippen molar-refractivity contribution >= 4 is 23.4 Å². The number of carbonyl (C=O) groups is 2. The summed E-state index contributed by atoms with van der Waals surface area (Å²) >= 11 is 6.16. The van der Waals surface area contributed by atoms with Gasteiger partial charge in [0.25, 0.3) is 5.91 Å². The van der Waals surface area contributed by atoms with Crippen molar-refractivity contribution in [2.75, 3.05) is 7.05 Å². The second-order valence-corrected chi connectivity index (χ2v) is 8.01. The fraction of sp³-hybridized carbons (Fsp3) is 0.333. The molecule has 6 heteroatoms. The fourth-order valence-corrected chi connectivity index (χ4v) is 3.57. The van der Waals surface area contributed by atoms with Crippen LogP contribution in [0.3, 0.4) is 0 Å². The van der Waals surface area contributed by atoms with Crippen LogP contribution in [-0.4, -0.2) is 35.9 Å². The van der Waals surface area contributed by atoms with Crippen LogP contribution in [0.15, 0.2) is 60.7 Å². The lowest BCUT2D eigenvalue weighted by Gasteiger charge is -2.28. The van der Waals surface area contributed by atoms with Gasteiger partial charge in [-0.1, -0.05) is 48.0 Å². The topological polar surface area (TPSA) is 58.6 Å². The van der Waals surface area contributed by atoms with Gasteiger partial charge >= 0.3 is 0 Å². The summed E-state index contributed by atoms with van der Waals surface area (Å²) in [4.78, 5) is 27.5. The third kappa shape index (κ3) is 5.22. The van der Waals surface area contributed by atoms with E-state index in [-0.39, 0.29) is 24.0 Å². The highest BCUT2D eigenvalue weighted by atomic mass is 35.5. The Bertz CT molecular complexity index is 944. The van der Waals surface area contributed by atoms with Gasteiger partial charge in [-0.05, 0) is 50.1 Å². The van der Waals surface area contributed by atoms with Gasteiger partial charge in [0.15, 0.2) is 0 Å². The van der Waals surface area contributed by atoms with Crippen LogP contribution >= 0.6 is 11.6 Å². The Morgan fingerprint density at radius 3 is 2.53 bits per heavy atom. The van der Waals surface area contributed by atoms with E-state index in [0.29, 0.717) is 29.2 Å². The van der Waals surface area contributed by atoms with Crippen LogP contribution in [0.4, 0.5) is 0 Å². The Morgan fingerprint density at radius 1 is 1.03 bits per heavy atom. The van der Waals surface area contributed by atoms with E-state index in [1.807, 2.05) is 43.3 Å². The maximum atomic E-state index is 13.1. The molecule has 2 aromatic carbocycles. The molecule has 2 amide bonds. The monoisotopic (exact) mass is 426 g/mol. The predicted octanol–water partition coefficient (Wildman–Crippen LogP) is 4.78. The normalized spacial score (nSPS) is 24.3. The number of rotatable bonds is 1. The lowest BCUT2D eigenvalue weighted by atomic mass is 10.0. The molecule has 1 aliphatic rings. The maximum Gasteiger partial charge on any atom is 0.258 e. The first-order valence-electron chi connectivity index (χ1n) is 10.1. The van der Waals surface area contributed by atoms with Crippen molar-refractivity contribution in [2.45, 2.75) is 44.9 Å². The molecule has 0 saturated carbocycles. The SMILES string of the molecule is C[C@@H]1C/C=C/C[C@@H](c2cccc(Cl)c2)NC(=O)[C@H](C)N(C)C(=O)c2ccccc2O1. The number of amides is 2. The summed E-state index contributed by atoms with van der Waals surface area (Å²) in [6.45, 7) is 3.69. The van der Waals surface area contributed by atoms with Crippen molar-refractivity contribution in [3.05, 3.63) is 76.8 Å². The summed E-state index contributed by atoms with van der Waals surface area (Å²) in [7, 11) is 1.63. The molecule has 0 radical (unpaired) electrons. The number of carbonyl (C=O) groups excluding carboxylic acids is 2. The minimum absolute atomic E-state index is 0.0971. The first kappa shape index (κ1) is 21.9. The Morgan fingerprint density at radius 2 is 1.77 bits per heavy atom. The second-order valence-electron chi connectivity index (χ2n) is 7.58. The second kappa shape index (κ2) is 9.81. The number of halogens is 1. The molecular formula is C24H27ClN2O3. The van der Waals surface area contributed by atoms with Crippen LogP contribution in [0.25, 0.3) is 0 Å². The Balaban J connectivity index is 1.93. The average Bonchev–Trinajstić information content (AvgIpc) is 2.74. The molecule has 0 fully saturated rings. The minimum Gasteiger partial charge on any atom is -0.490 e. The van der Waals surface area contributed by atoms with E-state index in [1.165, 1.54) is 4.90 Å². The van der Waals surface area contributed by atoms with E-state index in [1.54, 1.807) is 38.2 Å². The van der Waals surface area contributed by atoms with Gasteiger partial charge in [0, 0.05) is 18.5 Å². The number of hydrogen-bond acceptors (Lipinski definition) is 3. The average molecular weight is 427 g/mol. The first-order chi connectivity index (χ1) is 14.4. The van der Waals surface area contributed by atoms with Crippen LogP contribution < -0.4 is 10.1 Å². The van der Waals surface area contributed by atoms with Crippen molar-refractivity contribution in [3.63, 3.8) is 0 Å². The summed E-state index contributed by atoms with van der Waals surface area (Å²) in [6.07, 6.45) is 5.29. The largest absolute Gasteiger partial charge is 0.490 e. The number of fused-ring (bicyclic) bond motifs is 1. The molecule has 0 saturated heterocycles. The molecule has 2 aromatic rings. The molecule has 158 valence electrons. The highest BCUT2D eigenvalue weighted by Gasteiger charge is 2.27. The van der Waals surface area contributed by atoms with Gasteiger partial charge in [-0.15, -0.1) is 0 Å². The summed E-state index contributed by atoms with van der Waals surface area (Å²) in [5, 5.41) is 3.69. The van der Waals surface area contributed by atoms with Crippen molar-refractivity contribution in [1.29, 1.82) is 0 Å². The van der Waals surface area contributed by atoms with Gasteiger partial charge in [-0.3, -0.25) is 9.59 Å². The Hall–Kier alpha value is -2.79. The highest BCUT2D eigenvalue weighted by molar-refractivity contribution is 6.30. The van der Waals surface area contributed by atoms with E-state index < -0.39 is 6.04 Å². The molecule has 0 aromatic heterocycles. The van der Waals surface area contributed by atoms with Gasteiger partial charge in [0.1, 0.15) is 11.8 Å². The molecule has 30 heavy (non-hydrogen) atoms. The summed E-state index contributed by atoms with van der Waals surface area (Å²) in [6, 6.07) is 13.7. The number of nitrogens with one attached hydrogen (secondary N) is 1. The fourth-order valence-electron chi connectivity index (χ4n) is 3.37. The number of ether oxygens (including phenoxy) is 1. The summed E-state index contributed by atoms with van der Waals surface area (Å²) in [5.74, 6) is 0.0390. The van der Waals surface area contributed by atoms with Gasteiger partial charge in [-0.2, -0.15) is 0 Å². The smallest absolute Gasteiger partial charge is 0.258 e. The molecule has 3 atom stereocenters. The zero-order chi connectivity index (χ0) is 21.7. The van der Waals surface area contributed by atoms with E-state index in [4.69, 9.17) is 16.3 Å². The van der Waals surface area contributed by atoms with Crippen molar-refractivity contribution in [2.24, 2.45) is 0 Å². The molecule has 0 bridgehead atoms. The maximum absolute atomic E-state index is 13.1. The third-order valence-electron chi connectivity index (χ3n) is 5.30. The molecular weight excluding hydrogens is 400 g/mol. The van der Waals surface area contributed by atoms with Crippen LogP contribution in [0.1, 0.15) is 48.7 Å². The number of hydrogen-bond donors (Lipinski definition) is 1. The molecule has 1 N–H and O–H groups in total. The van der Waals surface area contributed by atoms with Crippen LogP contribution in [0.2, 0.25) is 5.02 Å². The summed E-state index contributed by atoms with van der Waals surface area (Å²) in [5.41, 5.74) is 1.36. The van der Waals surface area contributed by atoms with E-state index >= 15 is 0 Å². The molecule has 3 rings (SSSR count). The minimum atomic E-state index is -0.656. The van der Waals surface area contributed by atoms with Crippen LogP contribution in [0, 0.1) is 0 Å². The molecule has 0 spiro atoms. The number of likely N-dealkylation sites (N-methyl/N-ethyl adjacent to an activating group) is 1. The molecule has 5 nitrogen and oxygen atoms in total. The predicted molar refractivity (Wildman–Crippen MR) is 119 cm³/mol. The van der Waals surface area contributed by atoms with E-state index in [0.717, 1.165) is 5.56 Å². The van der Waals surface area contributed by atoms with Crippen LogP contribution in [0.5, 0.6) is 5.75 Å². The van der Waals surface area contributed by atoms with Gasteiger partial charge < -0.3 is 15.0 Å². The van der Waals surface area contributed by atoms with Crippen molar-refractivity contribution in [1.82, 2.24) is 10.2 Å². The highest BCUT2D eigenvalue weighted by Crippen LogP contribution is 2.25. The third-order valence-corrected chi connectivity index (χ3v) is 5.54. The molecule has 0 unspecified atom stereocenters. The lowest BCUT2D eigenvalue weighted by molar-refractivity contribution is -0.125. The van der Waals surface area contributed by atoms with Crippen molar-refractivity contribution in [3.8, 4) is 5.75 Å². The number of nitrogens with zero attached hydrogens (tertiary/aromatic N) is 1. The molecule has 1 heterocycles. The molecule has 0 aliphatic carbocycles. The zero-order valence-electron chi connectivity index (χ0n) is 17.5. The number of benzene rings is 2. The summed E-state index contributed by atoms with van der Waals surface area (Å²) < 4.78 is 6.03. The van der Waals surface area contributed by atoms with Gasteiger partial charge in [0.2, 0.25) is 5.91 Å².